The molecule has 0 amide bonds. The lowest BCUT2D eigenvalue weighted by atomic mass is 9.99. The van der Waals surface area contributed by atoms with Gasteiger partial charge in [-0.1, -0.05) is 18.2 Å². The maximum absolute atomic E-state index is 5.81. The molecule has 0 fully saturated rings. The second-order valence-electron chi connectivity index (χ2n) is 5.27. The number of rotatable bonds is 3. The van der Waals surface area contributed by atoms with E-state index in [9.17, 15) is 0 Å². The fourth-order valence-corrected chi connectivity index (χ4v) is 3.00. The highest BCUT2D eigenvalue weighted by Crippen LogP contribution is 2.29. The number of hydrogen-bond acceptors (Lipinski definition) is 2. The Morgan fingerprint density at radius 3 is 2.76 bits per heavy atom. The molecule has 3 nitrogen and oxygen atoms in total. The van der Waals surface area contributed by atoms with Crippen molar-refractivity contribution in [1.82, 2.24) is 9.38 Å². The first-order valence-corrected chi connectivity index (χ1v) is 7.84. The molecule has 0 bridgehead atoms. The average molecular weight is 344 g/mol. The number of pyridine rings is 1. The fourth-order valence-electron chi connectivity index (χ4n) is 2.67. The number of fused-ring (bicyclic) bond motifs is 1. The summed E-state index contributed by atoms with van der Waals surface area (Å²) < 4.78 is 3.17. The molecule has 0 aliphatic heterocycles. The minimum Gasteiger partial charge on any atom is -0.330 e. The number of aryl methyl sites for hydroxylation is 1. The molecule has 0 saturated heterocycles. The molecule has 0 spiro atoms. The zero-order valence-electron chi connectivity index (χ0n) is 12.2. The van der Waals surface area contributed by atoms with Gasteiger partial charge in [0.2, 0.25) is 0 Å². The van der Waals surface area contributed by atoms with Gasteiger partial charge in [0.05, 0.1) is 11.4 Å². The van der Waals surface area contributed by atoms with Crippen LogP contribution < -0.4 is 5.73 Å². The van der Waals surface area contributed by atoms with Crippen molar-refractivity contribution in [2.24, 2.45) is 5.73 Å². The lowest BCUT2D eigenvalue weighted by molar-refractivity contribution is 0.905. The largest absolute Gasteiger partial charge is 0.330 e. The Labute approximate surface area is 132 Å². The molecule has 3 rings (SSSR count). The van der Waals surface area contributed by atoms with E-state index in [1.807, 2.05) is 12.1 Å². The van der Waals surface area contributed by atoms with E-state index in [2.05, 4.69) is 58.6 Å². The highest BCUT2D eigenvalue weighted by atomic mass is 79.9. The zero-order valence-corrected chi connectivity index (χ0v) is 13.8. The summed E-state index contributed by atoms with van der Waals surface area (Å²) in [5.41, 5.74) is 12.7. The minimum absolute atomic E-state index is 0.609. The number of nitrogens with zero attached hydrogens (tertiary/aromatic N) is 2. The molecular weight excluding hydrogens is 326 g/mol. The summed E-state index contributed by atoms with van der Waals surface area (Å²) >= 11 is 3.53. The molecule has 0 atom stereocenters. The summed E-state index contributed by atoms with van der Waals surface area (Å²) in [5, 5.41) is 0. The maximum atomic E-state index is 5.81. The van der Waals surface area contributed by atoms with Crippen LogP contribution in [0.1, 0.15) is 16.8 Å². The second kappa shape index (κ2) is 5.62. The highest BCUT2D eigenvalue weighted by Gasteiger charge is 2.15. The van der Waals surface area contributed by atoms with Crippen LogP contribution in [0.4, 0.5) is 0 Å². The first-order chi connectivity index (χ1) is 10.1. The Morgan fingerprint density at radius 2 is 2.00 bits per heavy atom. The van der Waals surface area contributed by atoms with E-state index in [-0.39, 0.29) is 0 Å². The van der Waals surface area contributed by atoms with E-state index < -0.39 is 0 Å². The van der Waals surface area contributed by atoms with E-state index in [0.29, 0.717) is 6.54 Å². The van der Waals surface area contributed by atoms with Crippen molar-refractivity contribution in [1.29, 1.82) is 0 Å². The predicted octanol–water partition coefficient (Wildman–Crippen LogP) is 3.88. The standard InChI is InChI=1S/C17H18BrN3/c1-11-4-3-5-14(12(11)2)17-15(8-9-19)21-10-13(18)6-7-16(21)20-17/h3-7,10H,8-9,19H2,1-2H3. The third-order valence-electron chi connectivity index (χ3n) is 3.92. The normalized spacial score (nSPS) is 11.2. The van der Waals surface area contributed by atoms with Crippen molar-refractivity contribution in [2.45, 2.75) is 20.3 Å². The molecule has 2 heterocycles. The van der Waals surface area contributed by atoms with Gasteiger partial charge in [0.25, 0.3) is 0 Å². The summed E-state index contributed by atoms with van der Waals surface area (Å²) in [6.07, 6.45) is 2.86. The van der Waals surface area contributed by atoms with Crippen molar-refractivity contribution in [3.8, 4) is 11.3 Å². The van der Waals surface area contributed by atoms with Gasteiger partial charge in [-0.15, -0.1) is 0 Å². The van der Waals surface area contributed by atoms with Gasteiger partial charge in [0.1, 0.15) is 5.65 Å². The Morgan fingerprint density at radius 1 is 1.19 bits per heavy atom. The minimum atomic E-state index is 0.609. The van der Waals surface area contributed by atoms with Gasteiger partial charge in [0, 0.05) is 22.7 Å². The summed E-state index contributed by atoms with van der Waals surface area (Å²) in [5.74, 6) is 0. The number of halogens is 1. The van der Waals surface area contributed by atoms with E-state index in [0.717, 1.165) is 22.2 Å². The smallest absolute Gasteiger partial charge is 0.137 e. The zero-order chi connectivity index (χ0) is 15.0. The molecule has 2 aromatic heterocycles. The summed E-state index contributed by atoms with van der Waals surface area (Å²) in [4.78, 5) is 4.83. The van der Waals surface area contributed by atoms with Crippen molar-refractivity contribution in [3.05, 3.63) is 57.8 Å². The lowest BCUT2D eigenvalue weighted by Gasteiger charge is -2.09. The van der Waals surface area contributed by atoms with Gasteiger partial charge in [-0.25, -0.2) is 4.98 Å². The number of benzene rings is 1. The van der Waals surface area contributed by atoms with E-state index in [1.54, 1.807) is 0 Å². The number of nitrogens with two attached hydrogens (primary N) is 1. The molecule has 4 heteroatoms. The summed E-state index contributed by atoms with van der Waals surface area (Å²) in [7, 11) is 0. The van der Waals surface area contributed by atoms with Gasteiger partial charge >= 0.3 is 0 Å². The van der Waals surface area contributed by atoms with Crippen molar-refractivity contribution in [3.63, 3.8) is 0 Å². The first-order valence-electron chi connectivity index (χ1n) is 7.05. The molecule has 21 heavy (non-hydrogen) atoms. The molecule has 0 aliphatic rings. The van der Waals surface area contributed by atoms with E-state index in [1.165, 1.54) is 22.4 Å². The van der Waals surface area contributed by atoms with Crippen molar-refractivity contribution in [2.75, 3.05) is 6.54 Å². The van der Waals surface area contributed by atoms with Crippen LogP contribution in [0.2, 0.25) is 0 Å². The van der Waals surface area contributed by atoms with Gasteiger partial charge < -0.3 is 10.1 Å². The van der Waals surface area contributed by atoms with Gasteiger partial charge in [0.15, 0.2) is 0 Å². The molecular formula is C17H18BrN3. The third kappa shape index (κ3) is 2.49. The molecule has 0 radical (unpaired) electrons. The molecule has 108 valence electrons. The lowest BCUT2D eigenvalue weighted by Crippen LogP contribution is -2.06. The number of aromatic nitrogens is 2. The first kappa shape index (κ1) is 14.3. The molecule has 2 N–H and O–H groups in total. The summed E-state index contributed by atoms with van der Waals surface area (Å²) in [6.45, 7) is 4.89. The molecule has 1 aromatic carbocycles. The molecule has 0 unspecified atom stereocenters. The topological polar surface area (TPSA) is 43.3 Å². The van der Waals surface area contributed by atoms with Crippen LogP contribution in [0, 0.1) is 13.8 Å². The molecule has 3 aromatic rings. The monoisotopic (exact) mass is 343 g/mol. The average Bonchev–Trinajstić information content (AvgIpc) is 2.81. The highest BCUT2D eigenvalue weighted by molar-refractivity contribution is 9.10. The van der Waals surface area contributed by atoms with E-state index >= 15 is 0 Å². The summed E-state index contributed by atoms with van der Waals surface area (Å²) in [6, 6.07) is 10.4. The van der Waals surface area contributed by atoms with E-state index in [4.69, 9.17) is 10.7 Å². The Balaban J connectivity index is 2.31. The quantitative estimate of drug-likeness (QED) is 0.784. The van der Waals surface area contributed by atoms with Gasteiger partial charge in [-0.3, -0.25) is 0 Å². The second-order valence-corrected chi connectivity index (χ2v) is 6.18. The molecule has 0 aliphatic carbocycles. The third-order valence-corrected chi connectivity index (χ3v) is 4.39. The molecule has 0 saturated carbocycles. The Hall–Kier alpha value is -1.65. The van der Waals surface area contributed by atoms with Crippen LogP contribution in [0.25, 0.3) is 16.9 Å². The SMILES string of the molecule is Cc1cccc(-c2nc3ccc(Br)cn3c2CCN)c1C. The van der Waals surface area contributed by atoms with Crippen LogP contribution >= 0.6 is 15.9 Å². The van der Waals surface area contributed by atoms with Crippen LogP contribution in [0.5, 0.6) is 0 Å². The van der Waals surface area contributed by atoms with Crippen molar-refractivity contribution < 1.29 is 0 Å². The number of hydrogen-bond donors (Lipinski definition) is 1. The predicted molar refractivity (Wildman–Crippen MR) is 90.6 cm³/mol. The van der Waals surface area contributed by atoms with Gasteiger partial charge in [-0.05, 0) is 59.6 Å². The van der Waals surface area contributed by atoms with Crippen LogP contribution in [-0.2, 0) is 6.42 Å². The Kier molecular flexibility index (Phi) is 3.83. The van der Waals surface area contributed by atoms with Crippen LogP contribution in [0.3, 0.4) is 0 Å². The maximum Gasteiger partial charge on any atom is 0.137 e. The fraction of sp³-hybridized carbons (Fsp3) is 0.235. The van der Waals surface area contributed by atoms with Crippen LogP contribution in [-0.4, -0.2) is 15.9 Å². The number of imidazole rings is 1. The Bertz CT molecular complexity index is 805. The van der Waals surface area contributed by atoms with Crippen LogP contribution in [0.15, 0.2) is 41.0 Å². The van der Waals surface area contributed by atoms with Crippen molar-refractivity contribution >= 4 is 21.6 Å². The van der Waals surface area contributed by atoms with Gasteiger partial charge in [-0.2, -0.15) is 0 Å².